The van der Waals surface area contributed by atoms with Gasteiger partial charge in [-0.05, 0) is 12.1 Å². The molecule has 14 heavy (non-hydrogen) atoms. The van der Waals surface area contributed by atoms with Gasteiger partial charge in [0.2, 0.25) is 0 Å². The SMILES string of the molecule is Cn1cc(C(=O)O)nc1-c1ccco1. The number of aromatic carboxylic acids is 1. The molecule has 0 radical (unpaired) electrons. The third kappa shape index (κ3) is 1.28. The van der Waals surface area contributed by atoms with Gasteiger partial charge in [-0.15, -0.1) is 0 Å². The van der Waals surface area contributed by atoms with Crippen molar-refractivity contribution in [2.45, 2.75) is 0 Å². The largest absolute Gasteiger partial charge is 0.476 e. The fraction of sp³-hybridized carbons (Fsp3) is 0.111. The molecule has 2 rings (SSSR count). The molecule has 0 fully saturated rings. The summed E-state index contributed by atoms with van der Waals surface area (Å²) < 4.78 is 6.73. The third-order valence-electron chi connectivity index (χ3n) is 1.84. The lowest BCUT2D eigenvalue weighted by Crippen LogP contribution is -1.95. The van der Waals surface area contributed by atoms with Crippen molar-refractivity contribution in [2.24, 2.45) is 7.05 Å². The van der Waals surface area contributed by atoms with E-state index >= 15 is 0 Å². The number of carbonyl (C=O) groups is 1. The van der Waals surface area contributed by atoms with Crippen LogP contribution >= 0.6 is 0 Å². The summed E-state index contributed by atoms with van der Waals surface area (Å²) in [5.41, 5.74) is 0.0129. The fourth-order valence-electron chi connectivity index (χ4n) is 1.20. The summed E-state index contributed by atoms with van der Waals surface area (Å²) in [7, 11) is 1.72. The first-order valence-corrected chi connectivity index (χ1v) is 3.99. The molecule has 5 heteroatoms. The molecule has 0 unspecified atom stereocenters. The standard InChI is InChI=1S/C9H8N2O3/c1-11-5-6(9(12)13)10-8(11)7-3-2-4-14-7/h2-5H,1H3,(H,12,13). The van der Waals surface area contributed by atoms with Crippen molar-refractivity contribution < 1.29 is 14.3 Å². The second-order valence-corrected chi connectivity index (χ2v) is 2.84. The Balaban J connectivity index is 2.50. The van der Waals surface area contributed by atoms with E-state index in [0.717, 1.165) is 0 Å². The van der Waals surface area contributed by atoms with E-state index in [9.17, 15) is 4.79 Å². The summed E-state index contributed by atoms with van der Waals surface area (Å²) in [6.45, 7) is 0. The van der Waals surface area contributed by atoms with E-state index in [4.69, 9.17) is 9.52 Å². The molecule has 2 aromatic heterocycles. The van der Waals surface area contributed by atoms with E-state index in [1.807, 2.05) is 0 Å². The Morgan fingerprint density at radius 3 is 2.93 bits per heavy atom. The number of imidazole rings is 1. The van der Waals surface area contributed by atoms with E-state index in [1.165, 1.54) is 12.5 Å². The second kappa shape index (κ2) is 3.02. The molecule has 0 aliphatic rings. The van der Waals surface area contributed by atoms with Crippen LogP contribution in [0.3, 0.4) is 0 Å². The van der Waals surface area contributed by atoms with Gasteiger partial charge in [-0.2, -0.15) is 0 Å². The van der Waals surface area contributed by atoms with Crippen LogP contribution in [0.5, 0.6) is 0 Å². The van der Waals surface area contributed by atoms with Gasteiger partial charge in [0.1, 0.15) is 0 Å². The van der Waals surface area contributed by atoms with Crippen molar-refractivity contribution in [3.63, 3.8) is 0 Å². The van der Waals surface area contributed by atoms with Gasteiger partial charge in [0.15, 0.2) is 17.3 Å². The molecule has 0 bridgehead atoms. The van der Waals surface area contributed by atoms with Crippen LogP contribution in [-0.2, 0) is 7.05 Å². The summed E-state index contributed by atoms with van der Waals surface area (Å²) >= 11 is 0. The summed E-state index contributed by atoms with van der Waals surface area (Å²) in [4.78, 5) is 14.6. The Morgan fingerprint density at radius 2 is 2.43 bits per heavy atom. The average Bonchev–Trinajstić information content (AvgIpc) is 2.71. The number of carboxylic acids is 1. The van der Waals surface area contributed by atoms with Gasteiger partial charge in [0, 0.05) is 13.2 Å². The molecule has 2 heterocycles. The van der Waals surface area contributed by atoms with Crippen LogP contribution in [0, 0.1) is 0 Å². The molecule has 1 N–H and O–H groups in total. The van der Waals surface area contributed by atoms with Crippen molar-refractivity contribution in [3.05, 3.63) is 30.3 Å². The van der Waals surface area contributed by atoms with Gasteiger partial charge in [-0.25, -0.2) is 9.78 Å². The molecule has 0 aliphatic heterocycles. The van der Waals surface area contributed by atoms with Crippen LogP contribution in [0.25, 0.3) is 11.6 Å². The number of furan rings is 1. The predicted octanol–water partition coefficient (Wildman–Crippen LogP) is 1.38. The first-order chi connectivity index (χ1) is 6.68. The van der Waals surface area contributed by atoms with Crippen molar-refractivity contribution >= 4 is 5.97 Å². The zero-order valence-corrected chi connectivity index (χ0v) is 7.47. The number of nitrogens with zero attached hydrogens (tertiary/aromatic N) is 2. The molecular formula is C9H8N2O3. The minimum absolute atomic E-state index is 0.0129. The van der Waals surface area contributed by atoms with Gasteiger partial charge < -0.3 is 14.1 Å². The highest BCUT2D eigenvalue weighted by Crippen LogP contribution is 2.18. The molecule has 0 atom stereocenters. The normalized spacial score (nSPS) is 10.4. The van der Waals surface area contributed by atoms with Crippen LogP contribution in [0.2, 0.25) is 0 Å². The average molecular weight is 192 g/mol. The maximum Gasteiger partial charge on any atom is 0.356 e. The molecule has 0 spiro atoms. The van der Waals surface area contributed by atoms with Gasteiger partial charge in [-0.3, -0.25) is 0 Å². The predicted molar refractivity (Wildman–Crippen MR) is 47.9 cm³/mol. The lowest BCUT2D eigenvalue weighted by molar-refractivity contribution is 0.0691. The first-order valence-electron chi connectivity index (χ1n) is 3.99. The van der Waals surface area contributed by atoms with Crippen molar-refractivity contribution in [1.29, 1.82) is 0 Å². The number of aromatic nitrogens is 2. The van der Waals surface area contributed by atoms with Crippen LogP contribution in [0.4, 0.5) is 0 Å². The number of aryl methyl sites for hydroxylation is 1. The maximum absolute atomic E-state index is 10.6. The summed E-state index contributed by atoms with van der Waals surface area (Å²) in [5, 5.41) is 8.71. The molecule has 0 aliphatic carbocycles. The van der Waals surface area contributed by atoms with Crippen LogP contribution in [0.15, 0.2) is 29.0 Å². The molecule has 2 aromatic rings. The highest BCUT2D eigenvalue weighted by atomic mass is 16.4. The zero-order chi connectivity index (χ0) is 10.1. The van der Waals surface area contributed by atoms with Crippen LogP contribution in [-0.4, -0.2) is 20.6 Å². The molecule has 5 nitrogen and oxygen atoms in total. The Bertz CT molecular complexity index is 456. The quantitative estimate of drug-likeness (QED) is 0.780. The van der Waals surface area contributed by atoms with Crippen molar-refractivity contribution in [3.8, 4) is 11.6 Å². The minimum atomic E-state index is -1.04. The van der Waals surface area contributed by atoms with Crippen LogP contribution in [0.1, 0.15) is 10.5 Å². The lowest BCUT2D eigenvalue weighted by Gasteiger charge is -1.94. The Kier molecular flexibility index (Phi) is 1.85. The fourth-order valence-corrected chi connectivity index (χ4v) is 1.20. The van der Waals surface area contributed by atoms with Crippen molar-refractivity contribution in [2.75, 3.05) is 0 Å². The third-order valence-corrected chi connectivity index (χ3v) is 1.84. The van der Waals surface area contributed by atoms with E-state index in [1.54, 1.807) is 23.7 Å². The molecular weight excluding hydrogens is 184 g/mol. The number of hydrogen-bond donors (Lipinski definition) is 1. The zero-order valence-electron chi connectivity index (χ0n) is 7.47. The molecule has 0 amide bonds. The molecule has 0 saturated heterocycles. The minimum Gasteiger partial charge on any atom is -0.476 e. The number of hydrogen-bond acceptors (Lipinski definition) is 3. The maximum atomic E-state index is 10.6. The van der Waals surface area contributed by atoms with Gasteiger partial charge >= 0.3 is 5.97 Å². The second-order valence-electron chi connectivity index (χ2n) is 2.84. The van der Waals surface area contributed by atoms with Gasteiger partial charge in [0.05, 0.1) is 6.26 Å². The first kappa shape index (κ1) is 8.55. The molecule has 0 aromatic carbocycles. The topological polar surface area (TPSA) is 68.3 Å². The number of rotatable bonds is 2. The Morgan fingerprint density at radius 1 is 1.64 bits per heavy atom. The summed E-state index contributed by atoms with van der Waals surface area (Å²) in [6, 6.07) is 3.46. The highest BCUT2D eigenvalue weighted by molar-refractivity contribution is 5.85. The lowest BCUT2D eigenvalue weighted by atomic mass is 10.4. The monoisotopic (exact) mass is 192 g/mol. The summed E-state index contributed by atoms with van der Waals surface area (Å²) in [5.74, 6) is 0.0193. The number of carboxylic acid groups (broad SMARTS) is 1. The molecule has 0 saturated carbocycles. The molecule has 72 valence electrons. The van der Waals surface area contributed by atoms with E-state index in [-0.39, 0.29) is 5.69 Å². The van der Waals surface area contributed by atoms with E-state index in [0.29, 0.717) is 11.6 Å². The van der Waals surface area contributed by atoms with Crippen molar-refractivity contribution in [1.82, 2.24) is 9.55 Å². The Hall–Kier alpha value is -2.04. The Labute approximate surface area is 79.6 Å². The van der Waals surface area contributed by atoms with Gasteiger partial charge in [0.25, 0.3) is 0 Å². The smallest absolute Gasteiger partial charge is 0.356 e. The summed E-state index contributed by atoms with van der Waals surface area (Å²) in [6.07, 6.45) is 2.96. The van der Waals surface area contributed by atoms with Crippen LogP contribution < -0.4 is 0 Å². The van der Waals surface area contributed by atoms with E-state index < -0.39 is 5.97 Å². The van der Waals surface area contributed by atoms with Gasteiger partial charge in [-0.1, -0.05) is 0 Å². The highest BCUT2D eigenvalue weighted by Gasteiger charge is 2.13. The van der Waals surface area contributed by atoms with E-state index in [2.05, 4.69) is 4.98 Å².